The zero-order valence-corrected chi connectivity index (χ0v) is 8.41. The number of rotatable bonds is 2. The molecule has 16 heavy (non-hydrogen) atoms. The zero-order chi connectivity index (χ0) is 12.1. The minimum atomic E-state index is -1.58. The van der Waals surface area contributed by atoms with Crippen molar-refractivity contribution in [1.82, 2.24) is 0 Å². The first-order valence-electron chi connectivity index (χ1n) is 4.45. The van der Waals surface area contributed by atoms with Crippen LogP contribution in [0.3, 0.4) is 0 Å². The molecule has 0 saturated carbocycles. The van der Waals surface area contributed by atoms with Gasteiger partial charge >= 0.3 is 6.09 Å². The third-order valence-electron chi connectivity index (χ3n) is 1.65. The number of nitrogens with zero attached hydrogens (tertiary/aromatic N) is 1. The number of ether oxygens (including phenoxy) is 1. The molecule has 1 rings (SSSR count). The number of carboxylic acid groups (broad SMARTS) is 1. The SMILES string of the molecule is CCO/C(=N/C(=O)O)c1c(F)cccc1F. The van der Waals surface area contributed by atoms with E-state index in [1.54, 1.807) is 6.92 Å². The van der Waals surface area contributed by atoms with Crippen LogP contribution in [0.2, 0.25) is 0 Å². The van der Waals surface area contributed by atoms with Gasteiger partial charge in [-0.25, -0.2) is 13.6 Å². The van der Waals surface area contributed by atoms with Gasteiger partial charge in [0.1, 0.15) is 17.2 Å². The van der Waals surface area contributed by atoms with Crippen molar-refractivity contribution in [2.45, 2.75) is 6.92 Å². The summed E-state index contributed by atoms with van der Waals surface area (Å²) in [5, 5.41) is 8.44. The van der Waals surface area contributed by atoms with Crippen molar-refractivity contribution >= 4 is 12.0 Å². The molecule has 1 N–H and O–H groups in total. The van der Waals surface area contributed by atoms with E-state index >= 15 is 0 Å². The molecule has 1 aromatic carbocycles. The molecule has 1 amide bonds. The van der Waals surface area contributed by atoms with Gasteiger partial charge in [-0.3, -0.25) is 0 Å². The second-order valence-corrected chi connectivity index (χ2v) is 2.73. The Morgan fingerprint density at radius 3 is 2.44 bits per heavy atom. The molecular formula is C10H9F2NO3. The normalized spacial score (nSPS) is 11.3. The lowest BCUT2D eigenvalue weighted by Crippen LogP contribution is -2.13. The Morgan fingerprint density at radius 2 is 2.00 bits per heavy atom. The fourth-order valence-electron chi connectivity index (χ4n) is 1.09. The van der Waals surface area contributed by atoms with Crippen LogP contribution >= 0.6 is 0 Å². The van der Waals surface area contributed by atoms with Crippen molar-refractivity contribution in [2.75, 3.05) is 6.61 Å². The van der Waals surface area contributed by atoms with Gasteiger partial charge in [-0.2, -0.15) is 0 Å². The Morgan fingerprint density at radius 1 is 1.44 bits per heavy atom. The molecule has 0 aliphatic carbocycles. The predicted octanol–water partition coefficient (Wildman–Crippen LogP) is 2.43. The van der Waals surface area contributed by atoms with Gasteiger partial charge in [0, 0.05) is 0 Å². The first-order chi connectivity index (χ1) is 7.56. The van der Waals surface area contributed by atoms with Crippen LogP contribution in [0, 0.1) is 11.6 Å². The van der Waals surface area contributed by atoms with Crippen molar-refractivity contribution in [3.05, 3.63) is 35.4 Å². The van der Waals surface area contributed by atoms with Gasteiger partial charge in [-0.1, -0.05) is 6.07 Å². The lowest BCUT2D eigenvalue weighted by Gasteiger charge is -2.07. The number of hydrogen-bond acceptors (Lipinski definition) is 2. The van der Waals surface area contributed by atoms with E-state index in [1.807, 2.05) is 0 Å². The average Bonchev–Trinajstić information content (AvgIpc) is 2.16. The van der Waals surface area contributed by atoms with Crippen LogP contribution in [-0.4, -0.2) is 23.7 Å². The van der Waals surface area contributed by atoms with Gasteiger partial charge in [-0.05, 0) is 19.1 Å². The van der Waals surface area contributed by atoms with Crippen LogP contribution in [-0.2, 0) is 4.74 Å². The third kappa shape index (κ3) is 2.75. The van der Waals surface area contributed by atoms with Gasteiger partial charge < -0.3 is 9.84 Å². The van der Waals surface area contributed by atoms with Gasteiger partial charge in [0.25, 0.3) is 0 Å². The molecule has 0 atom stereocenters. The van der Waals surface area contributed by atoms with Crippen LogP contribution in [0.25, 0.3) is 0 Å². The Kier molecular flexibility index (Phi) is 3.93. The van der Waals surface area contributed by atoms with Gasteiger partial charge in [0.15, 0.2) is 0 Å². The lowest BCUT2D eigenvalue weighted by molar-refractivity contribution is 0.204. The molecule has 0 spiro atoms. The first kappa shape index (κ1) is 12.1. The molecule has 0 aliphatic rings. The molecule has 0 fully saturated rings. The van der Waals surface area contributed by atoms with E-state index in [9.17, 15) is 13.6 Å². The molecule has 0 radical (unpaired) electrons. The van der Waals surface area contributed by atoms with Crippen molar-refractivity contribution in [1.29, 1.82) is 0 Å². The van der Waals surface area contributed by atoms with Crippen molar-refractivity contribution in [3.8, 4) is 0 Å². The quantitative estimate of drug-likeness (QED) is 0.625. The second kappa shape index (κ2) is 5.20. The molecule has 0 aliphatic heterocycles. The van der Waals surface area contributed by atoms with E-state index in [0.717, 1.165) is 12.1 Å². The zero-order valence-electron chi connectivity index (χ0n) is 8.41. The summed E-state index contributed by atoms with van der Waals surface area (Å²) >= 11 is 0. The topological polar surface area (TPSA) is 58.9 Å². The molecule has 0 bridgehead atoms. The third-order valence-corrected chi connectivity index (χ3v) is 1.65. The largest absolute Gasteiger partial charge is 0.477 e. The maximum absolute atomic E-state index is 13.3. The second-order valence-electron chi connectivity index (χ2n) is 2.73. The van der Waals surface area contributed by atoms with Crippen molar-refractivity contribution in [2.24, 2.45) is 4.99 Å². The molecule has 0 unspecified atom stereocenters. The first-order valence-corrected chi connectivity index (χ1v) is 4.45. The molecule has 0 saturated heterocycles. The van der Waals surface area contributed by atoms with E-state index in [4.69, 9.17) is 9.84 Å². The number of halogens is 2. The molecule has 6 heteroatoms. The molecule has 1 aromatic rings. The summed E-state index contributed by atoms with van der Waals surface area (Å²) in [4.78, 5) is 13.4. The van der Waals surface area contributed by atoms with E-state index in [-0.39, 0.29) is 6.61 Å². The minimum absolute atomic E-state index is 0.0554. The fraction of sp³-hybridized carbons (Fsp3) is 0.200. The summed E-state index contributed by atoms with van der Waals surface area (Å²) < 4.78 is 31.4. The Hall–Kier alpha value is -1.98. The van der Waals surface area contributed by atoms with Gasteiger partial charge in [0.2, 0.25) is 5.90 Å². The maximum atomic E-state index is 13.3. The highest BCUT2D eigenvalue weighted by Gasteiger charge is 2.17. The van der Waals surface area contributed by atoms with E-state index in [1.165, 1.54) is 6.07 Å². The van der Waals surface area contributed by atoms with Crippen molar-refractivity contribution in [3.63, 3.8) is 0 Å². The van der Waals surface area contributed by atoms with Crippen LogP contribution in [0.15, 0.2) is 23.2 Å². The van der Waals surface area contributed by atoms with E-state index in [0.29, 0.717) is 0 Å². The van der Waals surface area contributed by atoms with E-state index in [2.05, 4.69) is 4.99 Å². The van der Waals surface area contributed by atoms with E-state index < -0.39 is 29.2 Å². The lowest BCUT2D eigenvalue weighted by atomic mass is 10.2. The number of aliphatic imine (C=N–C) groups is 1. The Balaban J connectivity index is 3.26. The highest BCUT2D eigenvalue weighted by atomic mass is 19.1. The molecule has 0 heterocycles. The van der Waals surface area contributed by atoms with Gasteiger partial charge in [0.05, 0.1) is 6.61 Å². The maximum Gasteiger partial charge on any atom is 0.434 e. The molecular weight excluding hydrogens is 220 g/mol. The Bertz CT molecular complexity index is 412. The molecule has 0 aromatic heterocycles. The standard InChI is InChI=1S/C10H9F2NO3/c1-2-16-9(13-10(14)15)8-6(11)4-3-5-7(8)12/h3-5H,2H2,1H3,(H,14,15)/b13-9+. The molecule has 4 nitrogen and oxygen atoms in total. The van der Waals surface area contributed by atoms with Crippen molar-refractivity contribution < 1.29 is 23.4 Å². The monoisotopic (exact) mass is 229 g/mol. The smallest absolute Gasteiger partial charge is 0.434 e. The number of hydrogen-bond donors (Lipinski definition) is 1. The summed E-state index contributed by atoms with van der Waals surface area (Å²) in [6.07, 6.45) is -1.58. The summed E-state index contributed by atoms with van der Waals surface area (Å²) in [5.74, 6) is -2.42. The summed E-state index contributed by atoms with van der Waals surface area (Å²) in [6, 6.07) is 3.15. The van der Waals surface area contributed by atoms with Crippen LogP contribution in [0.4, 0.5) is 13.6 Å². The van der Waals surface area contributed by atoms with Crippen LogP contribution in [0.1, 0.15) is 12.5 Å². The van der Waals surface area contributed by atoms with Gasteiger partial charge in [-0.15, -0.1) is 4.99 Å². The summed E-state index contributed by atoms with van der Waals surface area (Å²) in [6.45, 7) is 1.61. The number of carbonyl (C=O) groups is 1. The number of benzene rings is 1. The average molecular weight is 229 g/mol. The highest BCUT2D eigenvalue weighted by Crippen LogP contribution is 2.14. The minimum Gasteiger partial charge on any atom is -0.477 e. The highest BCUT2D eigenvalue weighted by molar-refractivity contribution is 6.00. The van der Waals surface area contributed by atoms with Crippen LogP contribution in [0.5, 0.6) is 0 Å². The van der Waals surface area contributed by atoms with Crippen LogP contribution < -0.4 is 0 Å². The summed E-state index contributed by atoms with van der Waals surface area (Å²) in [7, 11) is 0. The number of amides is 1. The fourth-order valence-corrected chi connectivity index (χ4v) is 1.09. The Labute approximate surface area is 90.2 Å². The summed E-state index contributed by atoms with van der Waals surface area (Å²) in [5.41, 5.74) is -0.577. The molecule has 86 valence electrons. The predicted molar refractivity (Wildman–Crippen MR) is 52.5 cm³/mol.